The summed E-state index contributed by atoms with van der Waals surface area (Å²) in [5.74, 6) is -0.815. The summed E-state index contributed by atoms with van der Waals surface area (Å²) in [6.07, 6.45) is 1.64. The van der Waals surface area contributed by atoms with Crippen LogP contribution in [0.1, 0.15) is 45.2 Å². The maximum Gasteiger partial charge on any atom is 0.134 e. The Balaban J connectivity index is 2.40. The van der Waals surface area contributed by atoms with E-state index in [0.29, 0.717) is 17.7 Å². The van der Waals surface area contributed by atoms with E-state index in [1.807, 2.05) is 13.8 Å². The van der Waals surface area contributed by atoms with Crippen molar-refractivity contribution in [3.63, 3.8) is 0 Å². The third-order valence-corrected chi connectivity index (χ3v) is 3.13. The topological polar surface area (TPSA) is 21.3 Å². The van der Waals surface area contributed by atoms with Crippen LogP contribution in [-0.2, 0) is 0 Å². The molecule has 0 radical (unpaired) electrons. The van der Waals surface area contributed by atoms with Gasteiger partial charge in [0.05, 0.1) is 0 Å². The molecule has 1 N–H and O–H groups in total. The highest BCUT2D eigenvalue weighted by Crippen LogP contribution is 2.41. The van der Waals surface area contributed by atoms with Gasteiger partial charge in [-0.3, -0.25) is 0 Å². The Labute approximate surface area is 106 Å². The van der Waals surface area contributed by atoms with Crippen LogP contribution in [0.15, 0.2) is 12.1 Å². The average molecular weight is 255 g/mol. The molecule has 2 rings (SSSR count). The number of benzene rings is 1. The number of halogens is 2. The Hall–Kier alpha value is -1.16. The number of fused-ring (bicyclic) bond motifs is 1. The fourth-order valence-electron chi connectivity index (χ4n) is 2.41. The van der Waals surface area contributed by atoms with Crippen molar-refractivity contribution in [1.82, 2.24) is 5.32 Å². The number of hydrogen-bond donors (Lipinski definition) is 1. The third-order valence-electron chi connectivity index (χ3n) is 3.13. The molecule has 2 nitrogen and oxygen atoms in total. The van der Waals surface area contributed by atoms with E-state index in [9.17, 15) is 8.78 Å². The van der Waals surface area contributed by atoms with Crippen molar-refractivity contribution in [2.75, 3.05) is 6.54 Å². The standard InChI is InChI=1S/C14H19F2NO/c1-4-5-17-11-8-14(2,3)18-12-7-9(15)6-10(16)13(11)12/h6-7,11,17H,4-5,8H2,1-3H3. The minimum atomic E-state index is -0.599. The van der Waals surface area contributed by atoms with Gasteiger partial charge in [0, 0.05) is 30.2 Å². The Bertz CT molecular complexity index is 446. The van der Waals surface area contributed by atoms with Crippen LogP contribution in [0.5, 0.6) is 5.75 Å². The van der Waals surface area contributed by atoms with Gasteiger partial charge >= 0.3 is 0 Å². The fourth-order valence-corrected chi connectivity index (χ4v) is 2.41. The largest absolute Gasteiger partial charge is 0.487 e. The second kappa shape index (κ2) is 4.84. The van der Waals surface area contributed by atoms with E-state index in [1.54, 1.807) is 0 Å². The van der Waals surface area contributed by atoms with E-state index in [-0.39, 0.29) is 6.04 Å². The summed E-state index contributed by atoms with van der Waals surface area (Å²) < 4.78 is 32.8. The fraction of sp³-hybridized carbons (Fsp3) is 0.571. The van der Waals surface area contributed by atoms with Gasteiger partial charge in [0.1, 0.15) is 23.0 Å². The van der Waals surface area contributed by atoms with Gasteiger partial charge < -0.3 is 10.1 Å². The lowest BCUT2D eigenvalue weighted by molar-refractivity contribution is 0.0638. The molecule has 0 bridgehead atoms. The first-order chi connectivity index (χ1) is 8.43. The molecule has 0 aromatic heterocycles. The van der Waals surface area contributed by atoms with Gasteiger partial charge in [-0.05, 0) is 26.8 Å². The molecular formula is C14H19F2NO. The van der Waals surface area contributed by atoms with Gasteiger partial charge in [-0.2, -0.15) is 0 Å². The molecule has 1 atom stereocenters. The maximum atomic E-state index is 13.9. The summed E-state index contributed by atoms with van der Waals surface area (Å²) in [4.78, 5) is 0. The lowest BCUT2D eigenvalue weighted by atomic mass is 9.89. The monoisotopic (exact) mass is 255 g/mol. The predicted octanol–water partition coefficient (Wildman–Crippen LogP) is 3.57. The van der Waals surface area contributed by atoms with Crippen LogP contribution < -0.4 is 10.1 Å². The highest BCUT2D eigenvalue weighted by molar-refractivity contribution is 5.40. The van der Waals surface area contributed by atoms with Crippen LogP contribution in [0.4, 0.5) is 8.78 Å². The van der Waals surface area contributed by atoms with Gasteiger partial charge in [-0.15, -0.1) is 0 Å². The van der Waals surface area contributed by atoms with E-state index in [1.165, 1.54) is 6.07 Å². The van der Waals surface area contributed by atoms with Crippen molar-refractivity contribution < 1.29 is 13.5 Å². The molecule has 18 heavy (non-hydrogen) atoms. The van der Waals surface area contributed by atoms with Gasteiger partial charge in [0.25, 0.3) is 0 Å². The first kappa shape index (κ1) is 13.3. The Kier molecular flexibility index (Phi) is 3.57. The quantitative estimate of drug-likeness (QED) is 0.891. The number of nitrogens with one attached hydrogen (secondary N) is 1. The molecule has 1 aromatic rings. The molecular weight excluding hydrogens is 236 g/mol. The lowest BCUT2D eigenvalue weighted by Gasteiger charge is -2.38. The maximum absolute atomic E-state index is 13.9. The second-order valence-electron chi connectivity index (χ2n) is 5.37. The van der Waals surface area contributed by atoms with Crippen LogP contribution in [0.25, 0.3) is 0 Å². The van der Waals surface area contributed by atoms with Gasteiger partial charge in [-0.25, -0.2) is 8.78 Å². The molecule has 1 aromatic carbocycles. The highest BCUT2D eigenvalue weighted by atomic mass is 19.1. The predicted molar refractivity (Wildman–Crippen MR) is 66.7 cm³/mol. The summed E-state index contributed by atoms with van der Waals surface area (Å²) in [5, 5.41) is 3.30. The molecule has 1 heterocycles. The van der Waals surface area contributed by atoms with E-state index in [0.717, 1.165) is 19.0 Å². The van der Waals surface area contributed by atoms with E-state index < -0.39 is 17.2 Å². The molecule has 0 spiro atoms. The molecule has 0 fully saturated rings. The third kappa shape index (κ3) is 2.64. The first-order valence-corrected chi connectivity index (χ1v) is 6.34. The second-order valence-corrected chi connectivity index (χ2v) is 5.37. The van der Waals surface area contributed by atoms with Crippen LogP contribution in [0.2, 0.25) is 0 Å². The molecule has 1 aliphatic rings. The molecule has 0 amide bonds. The highest BCUT2D eigenvalue weighted by Gasteiger charge is 2.35. The van der Waals surface area contributed by atoms with Crippen LogP contribution in [0, 0.1) is 11.6 Å². The normalized spacial score (nSPS) is 21.3. The van der Waals surface area contributed by atoms with E-state index in [2.05, 4.69) is 12.2 Å². The Morgan fingerprint density at radius 2 is 2.11 bits per heavy atom. The Morgan fingerprint density at radius 3 is 2.78 bits per heavy atom. The minimum absolute atomic E-state index is 0.121. The average Bonchev–Trinajstić information content (AvgIpc) is 2.22. The minimum Gasteiger partial charge on any atom is -0.487 e. The first-order valence-electron chi connectivity index (χ1n) is 6.34. The smallest absolute Gasteiger partial charge is 0.134 e. The number of hydrogen-bond acceptors (Lipinski definition) is 2. The van der Waals surface area contributed by atoms with Gasteiger partial charge in [-0.1, -0.05) is 6.92 Å². The summed E-state index contributed by atoms with van der Waals surface area (Å²) >= 11 is 0. The molecule has 100 valence electrons. The van der Waals surface area contributed by atoms with Crippen molar-refractivity contribution in [2.45, 2.75) is 45.3 Å². The van der Waals surface area contributed by atoms with Crippen molar-refractivity contribution >= 4 is 0 Å². The van der Waals surface area contributed by atoms with Gasteiger partial charge in [0.2, 0.25) is 0 Å². The molecule has 0 aliphatic carbocycles. The number of ether oxygens (including phenoxy) is 1. The summed E-state index contributed by atoms with van der Waals surface area (Å²) in [5.41, 5.74) is 0.0303. The lowest BCUT2D eigenvalue weighted by Crippen LogP contribution is -2.40. The Morgan fingerprint density at radius 1 is 1.39 bits per heavy atom. The molecule has 0 saturated heterocycles. The van der Waals surface area contributed by atoms with E-state index >= 15 is 0 Å². The zero-order valence-electron chi connectivity index (χ0n) is 11.0. The molecule has 4 heteroatoms. The molecule has 1 unspecified atom stereocenters. The van der Waals surface area contributed by atoms with Crippen molar-refractivity contribution in [3.05, 3.63) is 29.3 Å². The van der Waals surface area contributed by atoms with Crippen molar-refractivity contribution in [1.29, 1.82) is 0 Å². The molecule has 0 saturated carbocycles. The van der Waals surface area contributed by atoms with Crippen molar-refractivity contribution in [2.24, 2.45) is 0 Å². The summed E-state index contributed by atoms with van der Waals surface area (Å²) in [6.45, 7) is 6.72. The number of rotatable bonds is 3. The van der Waals surface area contributed by atoms with Gasteiger partial charge in [0.15, 0.2) is 0 Å². The van der Waals surface area contributed by atoms with Crippen LogP contribution >= 0.6 is 0 Å². The zero-order chi connectivity index (χ0) is 13.3. The zero-order valence-corrected chi connectivity index (χ0v) is 11.0. The SMILES string of the molecule is CCCNC1CC(C)(C)Oc2cc(F)cc(F)c21. The van der Waals surface area contributed by atoms with Crippen LogP contribution in [0.3, 0.4) is 0 Å². The van der Waals surface area contributed by atoms with Crippen molar-refractivity contribution in [3.8, 4) is 5.75 Å². The van der Waals surface area contributed by atoms with Crippen LogP contribution in [-0.4, -0.2) is 12.1 Å². The summed E-state index contributed by atoms with van der Waals surface area (Å²) in [6, 6.07) is 2.06. The molecule has 1 aliphatic heterocycles. The van der Waals surface area contributed by atoms with E-state index in [4.69, 9.17) is 4.74 Å². The summed E-state index contributed by atoms with van der Waals surface area (Å²) in [7, 11) is 0.